The molecule has 146 valence electrons. The lowest BCUT2D eigenvalue weighted by Crippen LogP contribution is -2.46. The highest BCUT2D eigenvalue weighted by molar-refractivity contribution is 5.94. The van der Waals surface area contributed by atoms with Crippen LogP contribution in [-0.2, 0) is 10.2 Å². The molecule has 1 amide bonds. The third kappa shape index (κ3) is 3.35. The van der Waals surface area contributed by atoms with Crippen LogP contribution in [-0.4, -0.2) is 22.7 Å². The van der Waals surface area contributed by atoms with Crippen LogP contribution in [0.1, 0.15) is 77.3 Å². The number of fused-ring (bicyclic) bond motifs is 3. The zero-order valence-corrected chi connectivity index (χ0v) is 17.1. The van der Waals surface area contributed by atoms with Crippen molar-refractivity contribution in [3.63, 3.8) is 0 Å². The number of rotatable bonds is 2. The van der Waals surface area contributed by atoms with E-state index in [1.165, 1.54) is 0 Å². The van der Waals surface area contributed by atoms with Crippen molar-refractivity contribution in [2.75, 3.05) is 0 Å². The van der Waals surface area contributed by atoms with E-state index in [-0.39, 0.29) is 28.8 Å². The van der Waals surface area contributed by atoms with E-state index in [4.69, 9.17) is 4.74 Å². The van der Waals surface area contributed by atoms with E-state index in [0.29, 0.717) is 18.2 Å². The Hall–Kier alpha value is -1.97. The summed E-state index contributed by atoms with van der Waals surface area (Å²) in [7, 11) is 0. The number of hydrogen-bond acceptors (Lipinski definition) is 3. The predicted molar refractivity (Wildman–Crippen MR) is 106 cm³/mol. The van der Waals surface area contributed by atoms with Gasteiger partial charge in [-0.15, -0.1) is 0 Å². The second-order valence-electron chi connectivity index (χ2n) is 9.99. The maximum absolute atomic E-state index is 12.6. The van der Waals surface area contributed by atoms with E-state index < -0.39 is 0 Å². The van der Waals surface area contributed by atoms with Gasteiger partial charge in [0.05, 0.1) is 0 Å². The van der Waals surface area contributed by atoms with Crippen molar-refractivity contribution in [3.8, 4) is 11.5 Å². The molecule has 2 atom stereocenters. The zero-order valence-electron chi connectivity index (χ0n) is 17.1. The Bertz CT molecular complexity index is 812. The molecular formula is C23H31NO3. The second kappa shape index (κ2) is 6.02. The molecule has 0 aromatic heterocycles. The van der Waals surface area contributed by atoms with E-state index in [0.717, 1.165) is 41.7 Å². The molecule has 0 saturated heterocycles. The summed E-state index contributed by atoms with van der Waals surface area (Å²) in [6, 6.07) is 4.31. The van der Waals surface area contributed by atoms with E-state index in [1.807, 2.05) is 6.07 Å². The number of benzene rings is 1. The molecule has 4 nitrogen and oxygen atoms in total. The topological polar surface area (TPSA) is 58.6 Å². The van der Waals surface area contributed by atoms with Crippen molar-refractivity contribution >= 4 is 5.91 Å². The molecule has 0 bridgehead atoms. The number of allylic oxidation sites excluding steroid dienone is 1. The van der Waals surface area contributed by atoms with Crippen LogP contribution in [0.3, 0.4) is 0 Å². The van der Waals surface area contributed by atoms with E-state index in [9.17, 15) is 9.90 Å². The SMILES string of the molecule is CC(C)(C)c1cc(O)c2c(c1)OC(C)(C)C1CC=C(C(=O)NC3CC3)CC21. The highest BCUT2D eigenvalue weighted by atomic mass is 16.5. The van der Waals surface area contributed by atoms with Crippen LogP contribution < -0.4 is 10.1 Å². The van der Waals surface area contributed by atoms with Gasteiger partial charge < -0.3 is 15.2 Å². The van der Waals surface area contributed by atoms with E-state index in [1.54, 1.807) is 0 Å². The van der Waals surface area contributed by atoms with Crippen molar-refractivity contribution in [1.29, 1.82) is 0 Å². The number of phenols is 1. The summed E-state index contributed by atoms with van der Waals surface area (Å²) in [6.07, 6.45) is 5.71. The standard InChI is InChI=1S/C23H31NO3/c1-22(2,3)14-11-18(25)20-16-10-13(21(26)24-15-7-8-15)6-9-17(16)23(4,5)27-19(20)12-14/h6,11-12,15-17,25H,7-10H2,1-5H3,(H,24,26). The van der Waals surface area contributed by atoms with Crippen molar-refractivity contribution in [1.82, 2.24) is 5.32 Å². The van der Waals surface area contributed by atoms with Gasteiger partial charge in [-0.1, -0.05) is 26.8 Å². The lowest BCUT2D eigenvalue weighted by Gasteiger charge is -2.47. The molecule has 0 radical (unpaired) electrons. The first kappa shape index (κ1) is 18.4. The average molecular weight is 370 g/mol. The van der Waals surface area contributed by atoms with Gasteiger partial charge >= 0.3 is 0 Å². The number of nitrogens with one attached hydrogen (secondary N) is 1. The van der Waals surface area contributed by atoms with Crippen molar-refractivity contribution in [2.45, 2.75) is 83.3 Å². The fraction of sp³-hybridized carbons (Fsp3) is 0.609. The molecule has 1 saturated carbocycles. The van der Waals surface area contributed by atoms with Crippen molar-refractivity contribution in [3.05, 3.63) is 34.9 Å². The summed E-state index contributed by atoms with van der Waals surface area (Å²) in [5.74, 6) is 1.48. The first-order chi connectivity index (χ1) is 12.6. The number of amides is 1. The molecule has 2 unspecified atom stereocenters. The number of hydrogen-bond donors (Lipinski definition) is 2. The van der Waals surface area contributed by atoms with Crippen LogP contribution in [0.4, 0.5) is 0 Å². The molecule has 3 aliphatic rings. The molecule has 1 aromatic rings. The van der Waals surface area contributed by atoms with Gasteiger partial charge in [-0.05, 0) is 62.6 Å². The molecule has 2 aliphatic carbocycles. The van der Waals surface area contributed by atoms with Gasteiger partial charge in [0.25, 0.3) is 0 Å². The summed E-state index contributed by atoms with van der Waals surface area (Å²) in [5, 5.41) is 14.0. The smallest absolute Gasteiger partial charge is 0.247 e. The molecule has 1 aliphatic heterocycles. The molecule has 2 N–H and O–H groups in total. The summed E-state index contributed by atoms with van der Waals surface area (Å²) in [5.41, 5.74) is 2.38. The zero-order chi connectivity index (χ0) is 19.6. The highest BCUT2D eigenvalue weighted by Gasteiger charge is 2.47. The summed E-state index contributed by atoms with van der Waals surface area (Å²) < 4.78 is 6.39. The third-order valence-corrected chi connectivity index (χ3v) is 6.37. The maximum atomic E-state index is 12.6. The Labute approximate surface area is 162 Å². The molecule has 27 heavy (non-hydrogen) atoms. The summed E-state index contributed by atoms with van der Waals surface area (Å²) in [6.45, 7) is 10.6. The molecule has 4 heteroatoms. The van der Waals surface area contributed by atoms with Gasteiger partial charge in [0, 0.05) is 29.0 Å². The van der Waals surface area contributed by atoms with Crippen LogP contribution in [0.5, 0.6) is 11.5 Å². The lowest BCUT2D eigenvalue weighted by molar-refractivity contribution is -0.118. The minimum atomic E-state index is -0.338. The fourth-order valence-corrected chi connectivity index (χ4v) is 4.52. The van der Waals surface area contributed by atoms with Gasteiger partial charge in [-0.3, -0.25) is 4.79 Å². The first-order valence-corrected chi connectivity index (χ1v) is 10.1. The minimum Gasteiger partial charge on any atom is -0.508 e. The number of ether oxygens (including phenoxy) is 1. The Morgan fingerprint density at radius 1 is 1.26 bits per heavy atom. The third-order valence-electron chi connectivity index (χ3n) is 6.37. The van der Waals surface area contributed by atoms with Crippen LogP contribution in [0.25, 0.3) is 0 Å². The second-order valence-corrected chi connectivity index (χ2v) is 9.99. The van der Waals surface area contributed by atoms with E-state index in [2.05, 4.69) is 52.1 Å². The molecule has 4 rings (SSSR count). The normalized spacial score (nSPS) is 26.3. The number of carbonyl (C=O) groups excluding carboxylic acids is 1. The fourth-order valence-electron chi connectivity index (χ4n) is 4.52. The Kier molecular flexibility index (Phi) is 4.10. The summed E-state index contributed by atoms with van der Waals surface area (Å²) in [4.78, 5) is 12.6. The molecule has 1 fully saturated rings. The van der Waals surface area contributed by atoms with Crippen molar-refractivity contribution < 1.29 is 14.6 Å². The van der Waals surface area contributed by atoms with Crippen LogP contribution >= 0.6 is 0 Å². The van der Waals surface area contributed by atoms with Crippen molar-refractivity contribution in [2.24, 2.45) is 5.92 Å². The highest BCUT2D eigenvalue weighted by Crippen LogP contribution is 2.54. The predicted octanol–water partition coefficient (Wildman–Crippen LogP) is 4.56. The van der Waals surface area contributed by atoms with Gasteiger partial charge in [0.1, 0.15) is 17.1 Å². The quantitative estimate of drug-likeness (QED) is 0.803. The van der Waals surface area contributed by atoms with Crippen LogP contribution in [0.15, 0.2) is 23.8 Å². The Morgan fingerprint density at radius 2 is 1.96 bits per heavy atom. The largest absolute Gasteiger partial charge is 0.508 e. The summed E-state index contributed by atoms with van der Waals surface area (Å²) >= 11 is 0. The first-order valence-electron chi connectivity index (χ1n) is 10.1. The Balaban J connectivity index is 1.72. The van der Waals surface area contributed by atoms with Gasteiger partial charge in [-0.2, -0.15) is 0 Å². The number of aromatic hydroxyl groups is 1. The lowest BCUT2D eigenvalue weighted by atomic mass is 9.66. The minimum absolute atomic E-state index is 0.0626. The van der Waals surface area contributed by atoms with Crippen LogP contribution in [0, 0.1) is 5.92 Å². The van der Waals surface area contributed by atoms with E-state index >= 15 is 0 Å². The maximum Gasteiger partial charge on any atom is 0.247 e. The molecule has 1 heterocycles. The molecule has 0 spiro atoms. The van der Waals surface area contributed by atoms with Gasteiger partial charge in [0.15, 0.2) is 0 Å². The van der Waals surface area contributed by atoms with Gasteiger partial charge in [0.2, 0.25) is 5.91 Å². The molecule has 1 aromatic carbocycles. The van der Waals surface area contributed by atoms with Gasteiger partial charge in [-0.25, -0.2) is 0 Å². The number of carbonyl (C=O) groups is 1. The number of phenolic OH excluding ortho intramolecular Hbond substituents is 1. The van der Waals surface area contributed by atoms with Crippen LogP contribution in [0.2, 0.25) is 0 Å². The molecular weight excluding hydrogens is 338 g/mol. The monoisotopic (exact) mass is 369 g/mol. The average Bonchev–Trinajstić information content (AvgIpc) is 3.36. The Morgan fingerprint density at radius 3 is 2.59 bits per heavy atom.